The van der Waals surface area contributed by atoms with E-state index < -0.39 is 0 Å². The molecule has 0 saturated carbocycles. The predicted octanol–water partition coefficient (Wildman–Crippen LogP) is 3.35. The monoisotopic (exact) mass is 326 g/mol. The Morgan fingerprint density at radius 1 is 1.25 bits per heavy atom. The molecule has 0 atom stereocenters. The summed E-state index contributed by atoms with van der Waals surface area (Å²) in [6, 6.07) is 12.5. The van der Waals surface area contributed by atoms with E-state index in [-0.39, 0.29) is 18.3 Å². The number of hydrogen-bond acceptors (Lipinski definition) is 4. The lowest BCUT2D eigenvalue weighted by Gasteiger charge is -2.14. The second kappa shape index (κ2) is 8.15. The summed E-state index contributed by atoms with van der Waals surface area (Å²) in [4.78, 5) is 11.8. The third-order valence-corrected chi connectivity index (χ3v) is 3.45. The molecular formula is C19H22N2O3. The number of phenolic OH excluding ortho intramolecular Hbond substituents is 1. The van der Waals surface area contributed by atoms with Crippen molar-refractivity contribution in [3.63, 3.8) is 0 Å². The van der Waals surface area contributed by atoms with Crippen LogP contribution in [-0.2, 0) is 4.79 Å². The highest BCUT2D eigenvalue weighted by molar-refractivity contribution is 5.83. The second-order valence-electron chi connectivity index (χ2n) is 5.87. The number of benzene rings is 2. The number of carbonyl (C=O) groups excluding carboxylic acids is 1. The Kier molecular flexibility index (Phi) is 5.95. The van der Waals surface area contributed by atoms with Crippen LogP contribution >= 0.6 is 0 Å². The molecular weight excluding hydrogens is 304 g/mol. The van der Waals surface area contributed by atoms with E-state index in [9.17, 15) is 9.90 Å². The Bertz CT molecular complexity index is 722. The molecule has 0 aliphatic carbocycles. The zero-order valence-electron chi connectivity index (χ0n) is 14.1. The normalized spacial score (nSPS) is 11.0. The van der Waals surface area contributed by atoms with Crippen LogP contribution in [-0.4, -0.2) is 23.8 Å². The first-order valence-corrected chi connectivity index (χ1v) is 7.80. The van der Waals surface area contributed by atoms with Gasteiger partial charge in [0.25, 0.3) is 5.91 Å². The van der Waals surface area contributed by atoms with Gasteiger partial charge in [-0.25, -0.2) is 5.43 Å². The van der Waals surface area contributed by atoms with Gasteiger partial charge in [0.15, 0.2) is 6.61 Å². The number of aryl methyl sites for hydroxylation is 1. The number of hydrogen-bond donors (Lipinski definition) is 2. The van der Waals surface area contributed by atoms with Gasteiger partial charge in [-0.2, -0.15) is 5.10 Å². The molecule has 2 rings (SSSR count). The zero-order chi connectivity index (χ0) is 17.5. The van der Waals surface area contributed by atoms with Crippen molar-refractivity contribution >= 4 is 12.1 Å². The highest BCUT2D eigenvalue weighted by Gasteiger charge is 2.09. The van der Waals surface area contributed by atoms with E-state index in [1.807, 2.05) is 25.1 Å². The van der Waals surface area contributed by atoms with Gasteiger partial charge >= 0.3 is 0 Å². The van der Waals surface area contributed by atoms with Crippen molar-refractivity contribution in [3.05, 3.63) is 59.2 Å². The number of phenols is 1. The minimum Gasteiger partial charge on any atom is -0.508 e. The van der Waals surface area contributed by atoms with Crippen molar-refractivity contribution in [1.82, 2.24) is 5.43 Å². The van der Waals surface area contributed by atoms with E-state index in [2.05, 4.69) is 24.4 Å². The first-order valence-electron chi connectivity index (χ1n) is 7.80. The zero-order valence-corrected chi connectivity index (χ0v) is 14.1. The molecule has 0 aliphatic rings. The van der Waals surface area contributed by atoms with Crippen LogP contribution in [0.25, 0.3) is 0 Å². The molecule has 2 N–H and O–H groups in total. The van der Waals surface area contributed by atoms with Crippen molar-refractivity contribution in [1.29, 1.82) is 0 Å². The fraction of sp³-hybridized carbons (Fsp3) is 0.263. The molecule has 126 valence electrons. The minimum atomic E-state index is -0.332. The summed E-state index contributed by atoms with van der Waals surface area (Å²) < 4.78 is 5.64. The lowest BCUT2D eigenvalue weighted by Crippen LogP contribution is -2.25. The Hall–Kier alpha value is -2.82. The summed E-state index contributed by atoms with van der Waals surface area (Å²) >= 11 is 0. The first kappa shape index (κ1) is 17.5. The highest BCUT2D eigenvalue weighted by atomic mass is 16.5. The van der Waals surface area contributed by atoms with E-state index in [1.165, 1.54) is 6.21 Å². The van der Waals surface area contributed by atoms with Crippen LogP contribution in [0.2, 0.25) is 0 Å². The van der Waals surface area contributed by atoms with Crippen LogP contribution in [0.4, 0.5) is 0 Å². The SMILES string of the molecule is Cc1ccc(C(C)C)c(OCC(=O)NN=Cc2ccc(O)cc2)c1. The van der Waals surface area contributed by atoms with Crippen molar-refractivity contribution in [3.8, 4) is 11.5 Å². The average molecular weight is 326 g/mol. The molecule has 1 amide bonds. The number of amides is 1. The number of nitrogens with zero attached hydrogens (tertiary/aromatic N) is 1. The molecule has 24 heavy (non-hydrogen) atoms. The standard InChI is InChI=1S/C19H22N2O3/c1-13(2)17-9-4-14(3)10-18(17)24-12-19(23)21-20-11-15-5-7-16(22)8-6-15/h4-11,13,22H,12H2,1-3H3,(H,21,23). The van der Waals surface area contributed by atoms with Gasteiger partial charge in [0.2, 0.25) is 0 Å². The fourth-order valence-electron chi connectivity index (χ4n) is 2.16. The largest absolute Gasteiger partial charge is 0.508 e. The third-order valence-electron chi connectivity index (χ3n) is 3.45. The van der Waals surface area contributed by atoms with E-state index in [4.69, 9.17) is 4.74 Å². The van der Waals surface area contributed by atoms with Crippen molar-refractivity contribution in [2.75, 3.05) is 6.61 Å². The number of ether oxygens (including phenoxy) is 1. The molecule has 0 spiro atoms. The molecule has 0 heterocycles. The second-order valence-corrected chi connectivity index (χ2v) is 5.87. The fourth-order valence-corrected chi connectivity index (χ4v) is 2.16. The van der Waals surface area contributed by atoms with E-state index in [0.717, 1.165) is 22.4 Å². The maximum atomic E-state index is 11.8. The predicted molar refractivity (Wildman–Crippen MR) is 94.6 cm³/mol. The van der Waals surface area contributed by atoms with Crippen molar-refractivity contribution in [2.45, 2.75) is 26.7 Å². The Morgan fingerprint density at radius 3 is 2.62 bits per heavy atom. The Labute approximate surface area is 142 Å². The smallest absolute Gasteiger partial charge is 0.277 e. The van der Waals surface area contributed by atoms with Gasteiger partial charge in [-0.05, 0) is 59.9 Å². The van der Waals surface area contributed by atoms with Gasteiger partial charge in [0.05, 0.1) is 6.21 Å². The number of rotatable bonds is 6. The Morgan fingerprint density at radius 2 is 1.96 bits per heavy atom. The molecule has 5 nitrogen and oxygen atoms in total. The van der Waals surface area contributed by atoms with Crippen LogP contribution in [0.15, 0.2) is 47.6 Å². The molecule has 0 aliphatic heterocycles. The third kappa shape index (κ3) is 5.12. The molecule has 0 unspecified atom stereocenters. The summed E-state index contributed by atoms with van der Waals surface area (Å²) in [7, 11) is 0. The number of hydrazone groups is 1. The summed E-state index contributed by atoms with van der Waals surface area (Å²) in [6.45, 7) is 6.05. The lowest BCUT2D eigenvalue weighted by molar-refractivity contribution is -0.123. The maximum absolute atomic E-state index is 11.8. The number of aromatic hydroxyl groups is 1. The van der Waals surface area contributed by atoms with Crippen LogP contribution < -0.4 is 10.2 Å². The van der Waals surface area contributed by atoms with E-state index in [1.54, 1.807) is 24.3 Å². The summed E-state index contributed by atoms with van der Waals surface area (Å²) in [5, 5.41) is 13.1. The van der Waals surface area contributed by atoms with Crippen LogP contribution in [0, 0.1) is 6.92 Å². The number of carbonyl (C=O) groups is 1. The van der Waals surface area contributed by atoms with Crippen LogP contribution in [0.5, 0.6) is 11.5 Å². The molecule has 2 aromatic rings. The topological polar surface area (TPSA) is 70.9 Å². The van der Waals surface area contributed by atoms with Crippen LogP contribution in [0.3, 0.4) is 0 Å². The molecule has 2 aromatic carbocycles. The lowest BCUT2D eigenvalue weighted by atomic mass is 10.0. The summed E-state index contributed by atoms with van der Waals surface area (Å²) in [5.41, 5.74) is 5.35. The van der Waals surface area contributed by atoms with Crippen LogP contribution in [0.1, 0.15) is 36.5 Å². The van der Waals surface area contributed by atoms with Gasteiger partial charge in [-0.15, -0.1) is 0 Å². The molecule has 5 heteroatoms. The number of nitrogens with one attached hydrogen (secondary N) is 1. The summed E-state index contributed by atoms with van der Waals surface area (Å²) in [5.74, 6) is 0.892. The molecule has 0 aromatic heterocycles. The first-order chi connectivity index (χ1) is 11.5. The molecule has 0 saturated heterocycles. The minimum absolute atomic E-state index is 0.101. The van der Waals surface area contributed by atoms with E-state index in [0.29, 0.717) is 5.92 Å². The van der Waals surface area contributed by atoms with Crippen molar-refractivity contribution < 1.29 is 14.6 Å². The highest BCUT2D eigenvalue weighted by Crippen LogP contribution is 2.27. The Balaban J connectivity index is 1.89. The van der Waals surface area contributed by atoms with Gasteiger partial charge in [0.1, 0.15) is 11.5 Å². The van der Waals surface area contributed by atoms with Gasteiger partial charge < -0.3 is 9.84 Å². The average Bonchev–Trinajstić information content (AvgIpc) is 2.54. The van der Waals surface area contributed by atoms with Gasteiger partial charge in [-0.3, -0.25) is 4.79 Å². The molecule has 0 fully saturated rings. The maximum Gasteiger partial charge on any atom is 0.277 e. The summed E-state index contributed by atoms with van der Waals surface area (Å²) in [6.07, 6.45) is 1.50. The van der Waals surface area contributed by atoms with Gasteiger partial charge in [-0.1, -0.05) is 26.0 Å². The van der Waals surface area contributed by atoms with Crippen molar-refractivity contribution in [2.24, 2.45) is 5.10 Å². The molecule has 0 bridgehead atoms. The van der Waals surface area contributed by atoms with E-state index >= 15 is 0 Å². The van der Waals surface area contributed by atoms with Gasteiger partial charge in [0, 0.05) is 0 Å². The quantitative estimate of drug-likeness (QED) is 0.632. The molecule has 0 radical (unpaired) electrons.